The van der Waals surface area contributed by atoms with Gasteiger partial charge in [-0.25, -0.2) is 9.50 Å². The molecule has 6 rings (SSSR count). The monoisotopic (exact) mass is 462 g/mol. The number of carbonyl (C=O) groups is 2. The van der Waals surface area contributed by atoms with Gasteiger partial charge in [-0.1, -0.05) is 42.5 Å². The summed E-state index contributed by atoms with van der Waals surface area (Å²) in [7, 11) is 0. The molecule has 1 aliphatic heterocycles. The van der Waals surface area contributed by atoms with Crippen LogP contribution >= 0.6 is 0 Å². The van der Waals surface area contributed by atoms with Crippen LogP contribution in [-0.4, -0.2) is 31.0 Å². The Bertz CT molecular complexity index is 1750. The zero-order valence-corrected chi connectivity index (χ0v) is 18.5. The molecule has 2 aromatic carbocycles. The van der Waals surface area contributed by atoms with Crippen molar-refractivity contribution in [3.8, 4) is 28.1 Å². The summed E-state index contributed by atoms with van der Waals surface area (Å²) in [6, 6.07) is 20.1. The number of aromatic nitrogens is 4. The maximum absolute atomic E-state index is 12.9. The Hall–Kier alpha value is -5.05. The molecular weight excluding hydrogens is 444 g/mol. The predicted molar refractivity (Wildman–Crippen MR) is 130 cm³/mol. The van der Waals surface area contributed by atoms with Crippen LogP contribution < -0.4 is 16.6 Å². The minimum Gasteiger partial charge on any atom is -0.384 e. The van der Waals surface area contributed by atoms with Crippen molar-refractivity contribution < 1.29 is 9.59 Å². The number of anilines is 1. The number of hydrogen-bond acceptors (Lipinski definition) is 6. The summed E-state index contributed by atoms with van der Waals surface area (Å²) in [4.78, 5) is 41.7. The molecule has 0 radical (unpaired) electrons. The molecule has 1 aliphatic rings. The third kappa shape index (κ3) is 3.06. The third-order valence-corrected chi connectivity index (χ3v) is 6.11. The molecule has 0 bridgehead atoms. The van der Waals surface area contributed by atoms with E-state index in [2.05, 4.69) is 10.3 Å². The number of hydrogen-bond donors (Lipinski definition) is 2. The van der Waals surface area contributed by atoms with Gasteiger partial charge in [-0.3, -0.25) is 24.3 Å². The van der Waals surface area contributed by atoms with E-state index in [-0.39, 0.29) is 16.9 Å². The van der Waals surface area contributed by atoms with Crippen LogP contribution in [0.4, 0.5) is 5.82 Å². The maximum atomic E-state index is 12.9. The number of nitrogens with one attached hydrogen (secondary N) is 1. The number of fused-ring (bicyclic) bond motifs is 2. The molecular formula is C26H18N6O3. The van der Waals surface area contributed by atoms with Crippen LogP contribution in [0.3, 0.4) is 0 Å². The van der Waals surface area contributed by atoms with E-state index in [4.69, 9.17) is 10.8 Å². The van der Waals surface area contributed by atoms with Gasteiger partial charge in [0.2, 0.25) is 0 Å². The van der Waals surface area contributed by atoms with Crippen molar-refractivity contribution in [2.45, 2.75) is 6.92 Å². The van der Waals surface area contributed by atoms with Crippen molar-refractivity contribution in [2.24, 2.45) is 0 Å². The van der Waals surface area contributed by atoms with Crippen molar-refractivity contribution in [1.82, 2.24) is 24.5 Å². The Morgan fingerprint density at radius 2 is 1.63 bits per heavy atom. The average molecular weight is 462 g/mol. The first-order chi connectivity index (χ1) is 16.9. The Kier molecular flexibility index (Phi) is 4.40. The Morgan fingerprint density at radius 3 is 2.43 bits per heavy atom. The van der Waals surface area contributed by atoms with Crippen LogP contribution in [0, 0.1) is 6.92 Å². The molecule has 0 atom stereocenters. The van der Waals surface area contributed by atoms with Gasteiger partial charge in [0.15, 0.2) is 5.65 Å². The molecule has 5 aromatic rings. The molecule has 3 N–H and O–H groups in total. The molecule has 4 heterocycles. The summed E-state index contributed by atoms with van der Waals surface area (Å²) in [5.74, 6) is -1.34. The second-order valence-corrected chi connectivity index (χ2v) is 8.22. The maximum Gasteiger partial charge on any atom is 0.262 e. The Labute approximate surface area is 198 Å². The van der Waals surface area contributed by atoms with E-state index in [0.29, 0.717) is 11.3 Å². The van der Waals surface area contributed by atoms with Gasteiger partial charge in [-0.15, -0.1) is 0 Å². The molecule has 35 heavy (non-hydrogen) atoms. The van der Waals surface area contributed by atoms with Crippen LogP contribution in [-0.2, 0) is 0 Å². The zero-order valence-electron chi connectivity index (χ0n) is 18.5. The lowest BCUT2D eigenvalue weighted by Crippen LogP contribution is -2.24. The van der Waals surface area contributed by atoms with Crippen molar-refractivity contribution in [2.75, 3.05) is 5.73 Å². The summed E-state index contributed by atoms with van der Waals surface area (Å²) in [5, 5.41) is 6.92. The molecule has 9 nitrogen and oxygen atoms in total. The van der Waals surface area contributed by atoms with Crippen molar-refractivity contribution >= 4 is 23.3 Å². The summed E-state index contributed by atoms with van der Waals surface area (Å²) < 4.78 is 3.00. The first-order valence-electron chi connectivity index (χ1n) is 10.9. The molecule has 2 amide bonds. The van der Waals surface area contributed by atoms with E-state index in [1.807, 2.05) is 49.4 Å². The number of imide groups is 1. The molecule has 170 valence electrons. The fourth-order valence-corrected chi connectivity index (χ4v) is 4.56. The van der Waals surface area contributed by atoms with Gasteiger partial charge >= 0.3 is 0 Å². The van der Waals surface area contributed by atoms with Gasteiger partial charge in [-0.2, -0.15) is 5.10 Å². The SMILES string of the molecule is Cc1nn2c(-c3cccc(-n4c(N)c5c(cc4=O)C(=O)NC5=O)c3)ccnc2c1-c1ccccc1. The van der Waals surface area contributed by atoms with E-state index in [9.17, 15) is 14.4 Å². The molecule has 0 unspecified atom stereocenters. The number of amides is 2. The Balaban J connectivity index is 1.53. The minimum absolute atomic E-state index is 0.00140. The molecule has 0 fully saturated rings. The predicted octanol–water partition coefficient (Wildman–Crippen LogP) is 2.99. The second kappa shape index (κ2) is 7.49. The number of pyridine rings is 1. The highest BCUT2D eigenvalue weighted by atomic mass is 16.2. The number of aryl methyl sites for hydroxylation is 1. The standard InChI is InChI=1S/C26H18N6O3/c1-14-21(15-6-3-2-4-7-15)24-28-11-10-19(32(24)30-14)16-8-5-9-17(12-16)31-20(33)13-18-22(23(31)27)26(35)29-25(18)34/h2-13H,27H2,1H3,(H,29,34,35). The van der Waals surface area contributed by atoms with E-state index in [1.165, 1.54) is 4.57 Å². The number of carbonyl (C=O) groups excluding carboxylic acids is 2. The fraction of sp³-hybridized carbons (Fsp3) is 0.0385. The van der Waals surface area contributed by atoms with E-state index in [1.54, 1.807) is 28.9 Å². The van der Waals surface area contributed by atoms with Crippen LogP contribution in [0.5, 0.6) is 0 Å². The average Bonchev–Trinajstić information content (AvgIpc) is 3.34. The minimum atomic E-state index is -0.628. The number of benzene rings is 2. The van der Waals surface area contributed by atoms with Crippen molar-refractivity contribution in [3.63, 3.8) is 0 Å². The summed E-state index contributed by atoms with van der Waals surface area (Å²) in [6.07, 6.45) is 1.72. The topological polar surface area (TPSA) is 124 Å². The lowest BCUT2D eigenvalue weighted by Gasteiger charge is -2.13. The first kappa shape index (κ1) is 20.5. The summed E-state index contributed by atoms with van der Waals surface area (Å²) >= 11 is 0. The lowest BCUT2D eigenvalue weighted by molar-refractivity contribution is 0.0880. The van der Waals surface area contributed by atoms with Crippen molar-refractivity contribution in [1.29, 1.82) is 0 Å². The quantitative estimate of drug-likeness (QED) is 0.397. The van der Waals surface area contributed by atoms with Gasteiger partial charge in [0.05, 0.1) is 28.2 Å². The molecule has 9 heteroatoms. The van der Waals surface area contributed by atoms with E-state index >= 15 is 0 Å². The van der Waals surface area contributed by atoms with Crippen LogP contribution in [0.15, 0.2) is 77.7 Å². The smallest absolute Gasteiger partial charge is 0.262 e. The zero-order chi connectivity index (χ0) is 24.3. The lowest BCUT2D eigenvalue weighted by atomic mass is 10.1. The molecule has 3 aromatic heterocycles. The van der Waals surface area contributed by atoms with Gasteiger partial charge in [-0.05, 0) is 30.7 Å². The normalized spacial score (nSPS) is 12.7. The van der Waals surface area contributed by atoms with Gasteiger partial charge in [0.1, 0.15) is 5.82 Å². The molecule has 0 aliphatic carbocycles. The van der Waals surface area contributed by atoms with E-state index in [0.717, 1.165) is 34.1 Å². The number of nitrogens with zero attached hydrogens (tertiary/aromatic N) is 4. The first-order valence-corrected chi connectivity index (χ1v) is 10.9. The largest absolute Gasteiger partial charge is 0.384 e. The number of nitrogens with two attached hydrogens (primary N) is 1. The van der Waals surface area contributed by atoms with Crippen LogP contribution in [0.1, 0.15) is 26.4 Å². The number of nitrogen functional groups attached to an aromatic ring is 1. The highest BCUT2D eigenvalue weighted by Gasteiger charge is 2.31. The highest BCUT2D eigenvalue weighted by molar-refractivity contribution is 6.23. The molecule has 0 spiro atoms. The van der Waals surface area contributed by atoms with Crippen LogP contribution in [0.2, 0.25) is 0 Å². The highest BCUT2D eigenvalue weighted by Crippen LogP contribution is 2.31. The summed E-state index contributed by atoms with van der Waals surface area (Å²) in [5.41, 5.74) is 11.2. The third-order valence-electron chi connectivity index (χ3n) is 6.11. The second-order valence-electron chi connectivity index (χ2n) is 8.22. The molecule has 0 saturated heterocycles. The number of rotatable bonds is 3. The molecule has 0 saturated carbocycles. The fourth-order valence-electron chi connectivity index (χ4n) is 4.56. The van der Waals surface area contributed by atoms with Crippen molar-refractivity contribution in [3.05, 3.63) is 100 Å². The van der Waals surface area contributed by atoms with E-state index < -0.39 is 17.4 Å². The Morgan fingerprint density at radius 1 is 0.857 bits per heavy atom. The van der Waals surface area contributed by atoms with Gasteiger partial charge in [0.25, 0.3) is 17.4 Å². The van der Waals surface area contributed by atoms with Crippen LogP contribution in [0.25, 0.3) is 33.7 Å². The summed E-state index contributed by atoms with van der Waals surface area (Å²) in [6.45, 7) is 1.94. The van der Waals surface area contributed by atoms with Gasteiger partial charge < -0.3 is 5.73 Å². The van der Waals surface area contributed by atoms with Gasteiger partial charge in [0, 0.05) is 23.4 Å².